The predicted molar refractivity (Wildman–Crippen MR) is 84.8 cm³/mol. The lowest BCUT2D eigenvalue weighted by molar-refractivity contribution is -0.143. The number of amides is 1. The minimum absolute atomic E-state index is 0.118. The number of rotatable bonds is 7. The van der Waals surface area contributed by atoms with Gasteiger partial charge in [0.2, 0.25) is 0 Å². The second-order valence-electron chi connectivity index (χ2n) is 5.43. The molecule has 1 heterocycles. The Kier molecular flexibility index (Phi) is 5.73. The topological polar surface area (TPSA) is 72.9 Å². The van der Waals surface area contributed by atoms with Gasteiger partial charge < -0.3 is 9.47 Å². The fraction of sp³-hybridized carbons (Fsp3) is 0.471. The van der Waals surface area contributed by atoms with Gasteiger partial charge >= 0.3 is 5.97 Å². The van der Waals surface area contributed by atoms with Crippen LogP contribution < -0.4 is 9.64 Å². The molecular formula is C17H21NO5. The van der Waals surface area contributed by atoms with Crippen molar-refractivity contribution in [1.29, 1.82) is 0 Å². The summed E-state index contributed by atoms with van der Waals surface area (Å²) in [5.74, 6) is -0.430. The molecule has 1 aliphatic heterocycles. The van der Waals surface area contributed by atoms with E-state index < -0.39 is 5.97 Å². The highest BCUT2D eigenvalue weighted by atomic mass is 16.5. The highest BCUT2D eigenvalue weighted by Crippen LogP contribution is 2.33. The largest absolute Gasteiger partial charge is 0.482 e. The molecule has 0 saturated heterocycles. The normalized spacial score (nSPS) is 13.3. The van der Waals surface area contributed by atoms with Gasteiger partial charge in [-0.05, 0) is 31.5 Å². The number of carbonyl (C=O) groups is 3. The van der Waals surface area contributed by atoms with E-state index in [1.807, 2.05) is 0 Å². The number of benzene rings is 1. The first-order chi connectivity index (χ1) is 11.0. The van der Waals surface area contributed by atoms with Crippen LogP contribution in [0.4, 0.5) is 5.69 Å². The number of carbonyl (C=O) groups excluding carboxylic acids is 3. The summed E-state index contributed by atoms with van der Waals surface area (Å²) in [5, 5.41) is 0. The summed E-state index contributed by atoms with van der Waals surface area (Å²) in [4.78, 5) is 36.8. The zero-order chi connectivity index (χ0) is 16.8. The first kappa shape index (κ1) is 17.0. The minimum Gasteiger partial charge on any atom is -0.482 e. The lowest BCUT2D eigenvalue weighted by Gasteiger charge is -2.28. The molecule has 23 heavy (non-hydrogen) atoms. The van der Waals surface area contributed by atoms with Crippen LogP contribution in [0.3, 0.4) is 0 Å². The van der Waals surface area contributed by atoms with Crippen molar-refractivity contribution in [2.45, 2.75) is 33.1 Å². The van der Waals surface area contributed by atoms with Crippen LogP contribution in [0.15, 0.2) is 18.2 Å². The lowest BCUT2D eigenvalue weighted by atomic mass is 10.1. The molecule has 0 bridgehead atoms. The molecule has 0 spiro atoms. The van der Waals surface area contributed by atoms with Gasteiger partial charge in [-0.1, -0.05) is 19.8 Å². The van der Waals surface area contributed by atoms with Crippen LogP contribution in [-0.2, 0) is 14.3 Å². The molecule has 1 aromatic carbocycles. The Bertz CT molecular complexity index is 611. The van der Waals surface area contributed by atoms with Crippen molar-refractivity contribution in [3.8, 4) is 5.75 Å². The minimum atomic E-state index is -0.462. The third kappa shape index (κ3) is 4.31. The molecule has 0 unspecified atom stereocenters. The number of hydrogen-bond acceptors (Lipinski definition) is 5. The van der Waals surface area contributed by atoms with E-state index in [4.69, 9.17) is 9.47 Å². The van der Waals surface area contributed by atoms with Crippen LogP contribution in [0.25, 0.3) is 0 Å². The standard InChI is InChI=1S/C17H21NO5/c1-3-4-5-8-22-17(21)10-18-14-9-13(12(2)19)6-7-15(14)23-11-16(18)20/h6-7,9H,3-5,8,10-11H2,1-2H3. The van der Waals surface area contributed by atoms with E-state index >= 15 is 0 Å². The molecule has 124 valence electrons. The molecule has 0 saturated carbocycles. The Balaban J connectivity index is 2.09. The maximum Gasteiger partial charge on any atom is 0.326 e. The number of unbranched alkanes of at least 4 members (excludes halogenated alkanes) is 2. The molecule has 2 rings (SSSR count). The van der Waals surface area contributed by atoms with E-state index in [0.717, 1.165) is 19.3 Å². The monoisotopic (exact) mass is 319 g/mol. The number of ketones is 1. The number of nitrogens with zero attached hydrogens (tertiary/aromatic N) is 1. The highest BCUT2D eigenvalue weighted by Gasteiger charge is 2.28. The number of fused-ring (bicyclic) bond motifs is 1. The smallest absolute Gasteiger partial charge is 0.326 e. The van der Waals surface area contributed by atoms with Gasteiger partial charge in [-0.15, -0.1) is 0 Å². The van der Waals surface area contributed by atoms with Gasteiger partial charge in [-0.3, -0.25) is 19.3 Å². The Labute approximate surface area is 135 Å². The Morgan fingerprint density at radius 3 is 2.78 bits per heavy atom. The maximum absolute atomic E-state index is 12.1. The first-order valence-electron chi connectivity index (χ1n) is 7.76. The number of ether oxygens (including phenoxy) is 2. The Morgan fingerprint density at radius 2 is 2.09 bits per heavy atom. The number of hydrogen-bond donors (Lipinski definition) is 0. The molecule has 0 aliphatic carbocycles. The van der Waals surface area contributed by atoms with E-state index in [1.165, 1.54) is 11.8 Å². The van der Waals surface area contributed by atoms with Gasteiger partial charge in [-0.25, -0.2) is 0 Å². The quantitative estimate of drug-likeness (QED) is 0.438. The predicted octanol–water partition coefficient (Wildman–Crippen LogP) is 2.35. The molecule has 0 radical (unpaired) electrons. The van der Waals surface area contributed by atoms with Gasteiger partial charge in [0.05, 0.1) is 12.3 Å². The van der Waals surface area contributed by atoms with Gasteiger partial charge in [0.15, 0.2) is 12.4 Å². The van der Waals surface area contributed by atoms with Crippen LogP contribution in [0.5, 0.6) is 5.75 Å². The molecule has 1 aliphatic rings. The lowest BCUT2D eigenvalue weighted by Crippen LogP contribution is -2.42. The van der Waals surface area contributed by atoms with E-state index in [2.05, 4.69) is 6.92 Å². The average Bonchev–Trinajstić information content (AvgIpc) is 2.53. The summed E-state index contributed by atoms with van der Waals surface area (Å²) >= 11 is 0. The van der Waals surface area contributed by atoms with Crippen LogP contribution in [-0.4, -0.2) is 37.4 Å². The molecular weight excluding hydrogens is 298 g/mol. The van der Waals surface area contributed by atoms with Crippen molar-refractivity contribution in [3.05, 3.63) is 23.8 Å². The summed E-state index contributed by atoms with van der Waals surface area (Å²) in [6.07, 6.45) is 2.85. The molecule has 0 atom stereocenters. The summed E-state index contributed by atoms with van der Waals surface area (Å²) < 4.78 is 10.5. The zero-order valence-corrected chi connectivity index (χ0v) is 13.5. The second kappa shape index (κ2) is 7.76. The molecule has 0 N–H and O–H groups in total. The number of esters is 1. The first-order valence-corrected chi connectivity index (χ1v) is 7.76. The summed E-state index contributed by atoms with van der Waals surface area (Å²) in [6.45, 7) is 3.56. The molecule has 0 aromatic heterocycles. The number of Topliss-reactive ketones (excluding diaryl/α,β-unsaturated/α-hetero) is 1. The Morgan fingerprint density at radius 1 is 1.30 bits per heavy atom. The van der Waals surface area contributed by atoms with E-state index in [-0.39, 0.29) is 24.8 Å². The Hall–Kier alpha value is -2.37. The van der Waals surface area contributed by atoms with Crippen molar-refractivity contribution in [2.75, 3.05) is 24.7 Å². The zero-order valence-electron chi connectivity index (χ0n) is 13.5. The molecule has 1 aromatic rings. The molecule has 1 amide bonds. The van der Waals surface area contributed by atoms with E-state index in [1.54, 1.807) is 18.2 Å². The SMILES string of the molecule is CCCCCOC(=O)CN1C(=O)COc2ccc(C(C)=O)cc21. The van der Waals surface area contributed by atoms with Gasteiger partial charge in [0.25, 0.3) is 5.91 Å². The van der Waals surface area contributed by atoms with E-state index in [0.29, 0.717) is 23.6 Å². The second-order valence-corrected chi connectivity index (χ2v) is 5.43. The highest BCUT2D eigenvalue weighted by molar-refractivity contribution is 6.03. The molecule has 6 nitrogen and oxygen atoms in total. The fourth-order valence-corrected chi connectivity index (χ4v) is 2.31. The average molecular weight is 319 g/mol. The maximum atomic E-state index is 12.1. The fourth-order valence-electron chi connectivity index (χ4n) is 2.31. The number of anilines is 1. The van der Waals surface area contributed by atoms with E-state index in [9.17, 15) is 14.4 Å². The van der Waals surface area contributed by atoms with Crippen molar-refractivity contribution in [1.82, 2.24) is 0 Å². The van der Waals surface area contributed by atoms with Crippen LogP contribution in [0.2, 0.25) is 0 Å². The van der Waals surface area contributed by atoms with Crippen LogP contribution in [0.1, 0.15) is 43.5 Å². The van der Waals surface area contributed by atoms with Crippen molar-refractivity contribution in [3.63, 3.8) is 0 Å². The third-order valence-corrected chi connectivity index (χ3v) is 3.61. The van der Waals surface area contributed by atoms with Crippen LogP contribution >= 0.6 is 0 Å². The summed E-state index contributed by atoms with van der Waals surface area (Å²) in [7, 11) is 0. The van der Waals surface area contributed by atoms with Crippen molar-refractivity contribution >= 4 is 23.3 Å². The van der Waals surface area contributed by atoms with Crippen molar-refractivity contribution in [2.24, 2.45) is 0 Å². The van der Waals surface area contributed by atoms with Gasteiger partial charge in [0.1, 0.15) is 12.3 Å². The molecule has 0 fully saturated rings. The van der Waals surface area contributed by atoms with Gasteiger partial charge in [0, 0.05) is 5.56 Å². The van der Waals surface area contributed by atoms with Gasteiger partial charge in [-0.2, -0.15) is 0 Å². The summed E-state index contributed by atoms with van der Waals surface area (Å²) in [6, 6.07) is 4.84. The van der Waals surface area contributed by atoms with Crippen molar-refractivity contribution < 1.29 is 23.9 Å². The summed E-state index contributed by atoms with van der Waals surface area (Å²) in [5.41, 5.74) is 0.892. The molecule has 6 heteroatoms. The van der Waals surface area contributed by atoms with Crippen LogP contribution in [0, 0.1) is 0 Å². The third-order valence-electron chi connectivity index (χ3n) is 3.61.